The fourth-order valence-corrected chi connectivity index (χ4v) is 2.62. The van der Waals surface area contributed by atoms with Crippen LogP contribution in [0.4, 0.5) is 4.79 Å². The predicted octanol–water partition coefficient (Wildman–Crippen LogP) is -0.223. The van der Waals surface area contributed by atoms with E-state index in [4.69, 9.17) is 0 Å². The minimum Gasteiger partial charge on any atom is -0.354 e. The van der Waals surface area contributed by atoms with Crippen LogP contribution in [0.15, 0.2) is 0 Å². The zero-order valence-electron chi connectivity index (χ0n) is 13.0. The van der Waals surface area contributed by atoms with Crippen molar-refractivity contribution in [2.75, 3.05) is 6.54 Å². The highest BCUT2D eigenvalue weighted by molar-refractivity contribution is 6.05. The summed E-state index contributed by atoms with van der Waals surface area (Å²) in [5.41, 5.74) is 3.35. The van der Waals surface area contributed by atoms with Crippen molar-refractivity contribution in [2.45, 2.75) is 46.2 Å². The van der Waals surface area contributed by atoms with Crippen molar-refractivity contribution in [3.8, 4) is 0 Å². The van der Waals surface area contributed by atoms with E-state index in [1.54, 1.807) is 0 Å². The molecule has 22 heavy (non-hydrogen) atoms. The summed E-state index contributed by atoms with van der Waals surface area (Å²) >= 11 is 0. The summed E-state index contributed by atoms with van der Waals surface area (Å²) in [5, 5.41) is 11.7. The molecule has 0 spiro atoms. The quantitative estimate of drug-likeness (QED) is 0.632. The van der Waals surface area contributed by atoms with Crippen LogP contribution in [-0.2, 0) is 22.6 Å². The summed E-state index contributed by atoms with van der Waals surface area (Å²) in [5.74, 6) is -0.745. The summed E-state index contributed by atoms with van der Waals surface area (Å²) in [7, 11) is 0. The molecular formula is C14H21N5O3. The van der Waals surface area contributed by atoms with E-state index in [1.807, 2.05) is 18.5 Å². The summed E-state index contributed by atoms with van der Waals surface area (Å²) in [6, 6.07) is -1.34. The lowest BCUT2D eigenvalue weighted by Gasteiger charge is -2.09. The largest absolute Gasteiger partial charge is 0.354 e. The smallest absolute Gasteiger partial charge is 0.322 e. The number of amides is 4. The van der Waals surface area contributed by atoms with Crippen LogP contribution in [0.2, 0.25) is 0 Å². The third-order valence-corrected chi connectivity index (χ3v) is 3.78. The highest BCUT2D eigenvalue weighted by atomic mass is 16.2. The first-order valence-corrected chi connectivity index (χ1v) is 7.33. The van der Waals surface area contributed by atoms with Crippen molar-refractivity contribution >= 4 is 17.8 Å². The van der Waals surface area contributed by atoms with Gasteiger partial charge in [-0.15, -0.1) is 0 Å². The number of aromatic nitrogens is 2. The Kier molecular flexibility index (Phi) is 4.79. The van der Waals surface area contributed by atoms with Gasteiger partial charge in [0, 0.05) is 12.2 Å². The molecule has 120 valence electrons. The number of aryl methyl sites for hydroxylation is 1. The molecule has 3 N–H and O–H groups in total. The number of rotatable bonds is 6. The first-order chi connectivity index (χ1) is 10.4. The highest BCUT2D eigenvalue weighted by Crippen LogP contribution is 2.12. The van der Waals surface area contributed by atoms with Gasteiger partial charge in [0.05, 0.1) is 18.7 Å². The minimum atomic E-state index is -0.784. The van der Waals surface area contributed by atoms with Crippen molar-refractivity contribution < 1.29 is 14.4 Å². The van der Waals surface area contributed by atoms with E-state index in [2.05, 4.69) is 28.0 Å². The van der Waals surface area contributed by atoms with Gasteiger partial charge in [0.15, 0.2) is 0 Å². The number of hydrogen-bond donors (Lipinski definition) is 3. The second-order valence-corrected chi connectivity index (χ2v) is 5.30. The van der Waals surface area contributed by atoms with Gasteiger partial charge in [0.25, 0.3) is 5.91 Å². The molecule has 1 aliphatic rings. The number of nitrogens with zero attached hydrogens (tertiary/aromatic N) is 2. The van der Waals surface area contributed by atoms with Crippen molar-refractivity contribution in [2.24, 2.45) is 0 Å². The predicted molar refractivity (Wildman–Crippen MR) is 79.2 cm³/mol. The van der Waals surface area contributed by atoms with Crippen LogP contribution in [0.5, 0.6) is 0 Å². The molecule has 1 saturated heterocycles. The molecule has 1 atom stereocenters. The number of carbonyl (C=O) groups excluding carboxylic acids is 3. The average Bonchev–Trinajstić information content (AvgIpc) is 2.89. The van der Waals surface area contributed by atoms with Crippen molar-refractivity contribution in [1.29, 1.82) is 0 Å². The fourth-order valence-electron chi connectivity index (χ4n) is 2.62. The molecular weight excluding hydrogens is 286 g/mol. The third-order valence-electron chi connectivity index (χ3n) is 3.78. The van der Waals surface area contributed by atoms with Gasteiger partial charge in [0.2, 0.25) is 5.91 Å². The van der Waals surface area contributed by atoms with Crippen LogP contribution in [0.25, 0.3) is 0 Å². The van der Waals surface area contributed by atoms with Crippen LogP contribution in [-0.4, -0.2) is 40.2 Å². The first kappa shape index (κ1) is 16.0. The van der Waals surface area contributed by atoms with Crippen LogP contribution in [0.1, 0.15) is 30.3 Å². The standard InChI is InChI=1S/C14H21N5O3/c1-4-10-8(2)18-19(9(10)3)6-5-15-12(20)7-11-13(21)17-14(22)16-11/h11H,4-7H2,1-3H3,(H,15,20)(H2,16,17,21,22). The fraction of sp³-hybridized carbons (Fsp3) is 0.571. The Labute approximate surface area is 128 Å². The van der Waals surface area contributed by atoms with Gasteiger partial charge in [-0.05, 0) is 25.8 Å². The van der Waals surface area contributed by atoms with Crippen LogP contribution < -0.4 is 16.0 Å². The maximum Gasteiger partial charge on any atom is 0.322 e. The van der Waals surface area contributed by atoms with Crippen molar-refractivity contribution in [1.82, 2.24) is 25.7 Å². The Morgan fingerprint density at radius 1 is 1.36 bits per heavy atom. The number of urea groups is 1. The van der Waals surface area contributed by atoms with Crippen LogP contribution >= 0.6 is 0 Å². The highest BCUT2D eigenvalue weighted by Gasteiger charge is 2.31. The van der Waals surface area contributed by atoms with Crippen molar-refractivity contribution in [3.05, 3.63) is 17.0 Å². The Balaban J connectivity index is 1.80. The molecule has 0 aromatic carbocycles. The van der Waals surface area contributed by atoms with E-state index in [0.29, 0.717) is 13.1 Å². The lowest BCUT2D eigenvalue weighted by atomic mass is 10.1. The SMILES string of the molecule is CCc1c(C)nn(CCNC(=O)CC2NC(=O)NC2=O)c1C. The van der Waals surface area contributed by atoms with Gasteiger partial charge < -0.3 is 10.6 Å². The van der Waals surface area contributed by atoms with E-state index in [1.165, 1.54) is 5.56 Å². The maximum atomic E-state index is 11.8. The number of nitrogens with one attached hydrogen (secondary N) is 3. The van der Waals surface area contributed by atoms with Gasteiger partial charge in [0.1, 0.15) is 6.04 Å². The molecule has 1 aliphatic heterocycles. The maximum absolute atomic E-state index is 11.8. The molecule has 8 heteroatoms. The minimum absolute atomic E-state index is 0.0606. The first-order valence-electron chi connectivity index (χ1n) is 7.33. The Morgan fingerprint density at radius 3 is 2.64 bits per heavy atom. The number of hydrogen-bond acceptors (Lipinski definition) is 4. The second-order valence-electron chi connectivity index (χ2n) is 5.30. The summed E-state index contributed by atoms with van der Waals surface area (Å²) < 4.78 is 1.87. The monoisotopic (exact) mass is 307 g/mol. The molecule has 4 amide bonds. The molecule has 1 aromatic heterocycles. The molecule has 0 bridgehead atoms. The number of carbonyl (C=O) groups is 3. The Bertz CT molecular complexity index is 608. The van der Waals surface area contributed by atoms with Gasteiger partial charge >= 0.3 is 6.03 Å². The van der Waals surface area contributed by atoms with Crippen LogP contribution in [0.3, 0.4) is 0 Å². The lowest BCUT2D eigenvalue weighted by molar-refractivity contribution is -0.126. The molecule has 1 fully saturated rings. The summed E-state index contributed by atoms with van der Waals surface area (Å²) in [6.07, 6.45) is 0.870. The van der Waals surface area contributed by atoms with E-state index in [-0.39, 0.29) is 12.3 Å². The molecule has 2 heterocycles. The zero-order valence-corrected chi connectivity index (χ0v) is 13.0. The summed E-state index contributed by atoms with van der Waals surface area (Å²) in [4.78, 5) is 34.1. The Hall–Kier alpha value is -2.38. The van der Waals surface area contributed by atoms with Gasteiger partial charge in [-0.3, -0.25) is 19.6 Å². The summed E-state index contributed by atoms with van der Waals surface area (Å²) in [6.45, 7) is 7.07. The van der Waals surface area contributed by atoms with E-state index in [0.717, 1.165) is 17.8 Å². The molecule has 0 radical (unpaired) electrons. The molecule has 0 saturated carbocycles. The van der Waals surface area contributed by atoms with E-state index < -0.39 is 18.0 Å². The van der Waals surface area contributed by atoms with Gasteiger partial charge in [-0.1, -0.05) is 6.92 Å². The topological polar surface area (TPSA) is 105 Å². The normalized spacial score (nSPS) is 17.3. The molecule has 1 unspecified atom stereocenters. The molecule has 2 rings (SSSR count). The number of imide groups is 1. The van der Waals surface area contributed by atoms with Gasteiger partial charge in [-0.2, -0.15) is 5.10 Å². The van der Waals surface area contributed by atoms with Crippen LogP contribution in [0, 0.1) is 13.8 Å². The molecule has 0 aliphatic carbocycles. The molecule has 8 nitrogen and oxygen atoms in total. The van der Waals surface area contributed by atoms with E-state index >= 15 is 0 Å². The average molecular weight is 307 g/mol. The Morgan fingerprint density at radius 2 is 2.09 bits per heavy atom. The zero-order chi connectivity index (χ0) is 16.3. The molecule has 1 aromatic rings. The van der Waals surface area contributed by atoms with E-state index in [9.17, 15) is 14.4 Å². The lowest BCUT2D eigenvalue weighted by Crippen LogP contribution is -2.37. The van der Waals surface area contributed by atoms with Crippen molar-refractivity contribution in [3.63, 3.8) is 0 Å². The second kappa shape index (κ2) is 6.59. The third kappa shape index (κ3) is 3.44. The van der Waals surface area contributed by atoms with Gasteiger partial charge in [-0.25, -0.2) is 4.79 Å².